The number of carbonyl (C=O) groups excluding carboxylic acids is 2. The van der Waals surface area contributed by atoms with Crippen molar-refractivity contribution in [2.24, 2.45) is 0 Å². The Balaban J connectivity index is 1.37. The summed E-state index contributed by atoms with van der Waals surface area (Å²) in [6, 6.07) is 8.47. The number of nitrogens with one attached hydrogen (secondary N) is 6. The van der Waals surface area contributed by atoms with Crippen LogP contribution in [0.3, 0.4) is 0 Å². The summed E-state index contributed by atoms with van der Waals surface area (Å²) in [4.78, 5) is 38.0. The molecule has 19 heteroatoms. The fourth-order valence-corrected chi connectivity index (χ4v) is 3.97. The third-order valence-electron chi connectivity index (χ3n) is 4.90. The number of urea groups is 2. The Morgan fingerprint density at radius 3 is 1.54 bits per heavy atom. The Kier molecular flexibility index (Phi) is 7.85. The highest BCUT2D eigenvalue weighted by Crippen LogP contribution is 2.28. The Hall–Kier alpha value is -4.46. The summed E-state index contributed by atoms with van der Waals surface area (Å²) in [5.74, 6) is -0.173. The number of aromatic nitrogens is 4. The Bertz CT molecular complexity index is 1620. The third-order valence-corrected chi connectivity index (χ3v) is 6.34. The minimum atomic E-state index is -4.20. The molecule has 39 heavy (non-hydrogen) atoms. The number of ether oxygens (including phenoxy) is 1. The molecule has 4 rings (SSSR count). The number of fused-ring (bicyclic) bond motifs is 2. The molecule has 2 aromatic heterocycles. The van der Waals surface area contributed by atoms with Gasteiger partial charge >= 0.3 is 12.1 Å². The quantitative estimate of drug-likeness (QED) is 0.123. The average molecular weight is 583 g/mol. The van der Waals surface area contributed by atoms with Crippen LogP contribution in [0, 0.1) is 0 Å². The van der Waals surface area contributed by atoms with E-state index < -0.39 is 43.8 Å². The molecule has 4 aromatic rings. The lowest BCUT2D eigenvalue weighted by atomic mass is 10.3. The van der Waals surface area contributed by atoms with Crippen LogP contribution >= 0.6 is 0 Å². The zero-order valence-corrected chi connectivity index (χ0v) is 21.4. The van der Waals surface area contributed by atoms with E-state index in [9.17, 15) is 26.4 Å². The smallest absolute Gasteiger partial charge is 0.321 e. The van der Waals surface area contributed by atoms with Crippen LogP contribution in [-0.4, -0.2) is 82.5 Å². The molecule has 17 nitrogen and oxygen atoms in total. The predicted octanol–water partition coefficient (Wildman–Crippen LogP) is 1.25. The van der Waals surface area contributed by atoms with Crippen molar-refractivity contribution in [2.45, 2.75) is 0 Å². The molecule has 0 spiro atoms. The van der Waals surface area contributed by atoms with Gasteiger partial charge in [0.1, 0.15) is 11.5 Å². The standard InChI is InChI=1S/C20H22N8O9S2/c29-19(21-5-7-38(31,32)33)27-17-23-13-3-1-11(9-15(13)25-17)37-12-2-4-14-16(10-12)26-18(24-14)28-20(30)22-6-8-39(34,35)36/h1-4,9-10H,5-8H2,(H,31,32,33)(H,34,35,36)(H3,21,23,25,27,29)(H3,22,24,26,28,30). The van der Waals surface area contributed by atoms with Crippen LogP contribution in [0.5, 0.6) is 11.5 Å². The highest BCUT2D eigenvalue weighted by Gasteiger charge is 2.12. The maximum absolute atomic E-state index is 11.9. The van der Waals surface area contributed by atoms with Crippen molar-refractivity contribution in [3.8, 4) is 11.5 Å². The van der Waals surface area contributed by atoms with Crippen molar-refractivity contribution in [1.29, 1.82) is 0 Å². The number of rotatable bonds is 10. The number of anilines is 2. The first-order valence-electron chi connectivity index (χ1n) is 11.0. The minimum absolute atomic E-state index is 0.104. The Labute approximate surface area is 220 Å². The number of H-pyrrole nitrogens is 2. The molecule has 208 valence electrons. The summed E-state index contributed by atoms with van der Waals surface area (Å²) in [6.45, 7) is -0.573. The first-order valence-corrected chi connectivity index (χ1v) is 14.2. The van der Waals surface area contributed by atoms with Crippen molar-refractivity contribution in [3.05, 3.63) is 36.4 Å². The number of aromatic amines is 2. The first kappa shape index (κ1) is 27.6. The van der Waals surface area contributed by atoms with Crippen LogP contribution < -0.4 is 26.0 Å². The van der Waals surface area contributed by atoms with Crippen molar-refractivity contribution < 1.29 is 40.3 Å². The van der Waals surface area contributed by atoms with Crippen LogP contribution in [0.1, 0.15) is 0 Å². The number of benzene rings is 2. The summed E-state index contributed by atoms with van der Waals surface area (Å²) in [5.41, 5.74) is 2.11. The van der Waals surface area contributed by atoms with E-state index in [0.29, 0.717) is 33.6 Å². The molecule has 0 fully saturated rings. The van der Waals surface area contributed by atoms with Gasteiger partial charge in [-0.25, -0.2) is 19.6 Å². The summed E-state index contributed by atoms with van der Waals surface area (Å²) >= 11 is 0. The maximum atomic E-state index is 11.9. The predicted molar refractivity (Wildman–Crippen MR) is 139 cm³/mol. The lowest BCUT2D eigenvalue weighted by Gasteiger charge is -2.05. The molecule has 0 unspecified atom stereocenters. The van der Waals surface area contributed by atoms with Gasteiger partial charge in [-0.15, -0.1) is 0 Å². The summed E-state index contributed by atoms with van der Waals surface area (Å²) in [7, 11) is -8.39. The Morgan fingerprint density at radius 2 is 1.15 bits per heavy atom. The molecule has 0 bridgehead atoms. The molecule has 2 heterocycles. The van der Waals surface area contributed by atoms with Gasteiger partial charge in [0.2, 0.25) is 11.9 Å². The average Bonchev–Trinajstić information content (AvgIpc) is 3.39. The lowest BCUT2D eigenvalue weighted by Crippen LogP contribution is -2.33. The zero-order chi connectivity index (χ0) is 28.2. The number of amides is 4. The van der Waals surface area contributed by atoms with Gasteiger partial charge in [-0.3, -0.25) is 19.7 Å². The zero-order valence-electron chi connectivity index (χ0n) is 19.8. The first-order chi connectivity index (χ1) is 18.3. The second-order valence-corrected chi connectivity index (χ2v) is 11.1. The van der Waals surface area contributed by atoms with Crippen LogP contribution in [0.15, 0.2) is 36.4 Å². The Morgan fingerprint density at radius 1 is 0.744 bits per heavy atom. The van der Waals surface area contributed by atoms with Gasteiger partial charge in [-0.1, -0.05) is 0 Å². The number of carbonyl (C=O) groups is 2. The molecular formula is C20H22N8O9S2. The highest BCUT2D eigenvalue weighted by atomic mass is 32.2. The fraction of sp³-hybridized carbons (Fsp3) is 0.200. The number of hydrogen-bond acceptors (Lipinski definition) is 9. The van der Waals surface area contributed by atoms with E-state index in [1.807, 2.05) is 0 Å². The molecular weight excluding hydrogens is 560 g/mol. The molecule has 0 saturated carbocycles. The van der Waals surface area contributed by atoms with Crippen molar-refractivity contribution >= 4 is 66.3 Å². The van der Waals surface area contributed by atoms with Gasteiger partial charge < -0.3 is 25.3 Å². The minimum Gasteiger partial charge on any atom is -0.457 e. The van der Waals surface area contributed by atoms with Crippen LogP contribution in [-0.2, 0) is 20.2 Å². The number of nitrogens with zero attached hydrogens (tertiary/aromatic N) is 2. The third kappa shape index (κ3) is 8.26. The SMILES string of the molecule is O=C(NCCS(=O)(=O)O)Nc1nc2ccc(Oc3ccc4nc(NC(=O)NCCS(=O)(=O)O)[nH]c4c3)cc2[nH]1. The number of imidazole rings is 2. The van der Waals surface area contributed by atoms with E-state index in [4.69, 9.17) is 13.8 Å². The second-order valence-electron chi connectivity index (χ2n) is 7.96. The van der Waals surface area contributed by atoms with E-state index in [1.165, 1.54) is 0 Å². The molecule has 2 aromatic carbocycles. The lowest BCUT2D eigenvalue weighted by molar-refractivity contribution is 0.251. The molecule has 0 atom stereocenters. The fourth-order valence-electron chi connectivity index (χ4n) is 3.25. The number of hydrogen-bond donors (Lipinski definition) is 8. The molecule has 4 amide bonds. The largest absolute Gasteiger partial charge is 0.457 e. The second kappa shape index (κ2) is 11.1. The summed E-state index contributed by atoms with van der Waals surface area (Å²) in [6.07, 6.45) is 0. The monoisotopic (exact) mass is 582 g/mol. The highest BCUT2D eigenvalue weighted by molar-refractivity contribution is 7.86. The molecule has 0 saturated heterocycles. The molecule has 8 N–H and O–H groups in total. The van der Waals surface area contributed by atoms with Crippen molar-refractivity contribution in [1.82, 2.24) is 30.6 Å². The summed E-state index contributed by atoms with van der Waals surface area (Å²) < 4.78 is 66.2. The van der Waals surface area contributed by atoms with Gasteiger partial charge in [-0.05, 0) is 24.3 Å². The van der Waals surface area contributed by atoms with Gasteiger partial charge in [0, 0.05) is 25.2 Å². The maximum Gasteiger partial charge on any atom is 0.321 e. The molecule has 0 radical (unpaired) electrons. The molecule has 0 aliphatic carbocycles. The van der Waals surface area contributed by atoms with Crippen LogP contribution in [0.25, 0.3) is 22.1 Å². The van der Waals surface area contributed by atoms with Crippen LogP contribution in [0.2, 0.25) is 0 Å². The van der Waals surface area contributed by atoms with Crippen LogP contribution in [0.4, 0.5) is 21.5 Å². The van der Waals surface area contributed by atoms with E-state index in [2.05, 4.69) is 41.2 Å². The summed E-state index contributed by atoms with van der Waals surface area (Å²) in [5, 5.41) is 9.40. The molecule has 0 aliphatic heterocycles. The topological polar surface area (TPSA) is 258 Å². The van der Waals surface area contributed by atoms with E-state index in [0.717, 1.165) is 0 Å². The normalized spacial score (nSPS) is 11.8. The van der Waals surface area contributed by atoms with Gasteiger partial charge in [0.25, 0.3) is 20.2 Å². The van der Waals surface area contributed by atoms with E-state index in [-0.39, 0.29) is 25.0 Å². The van der Waals surface area contributed by atoms with Gasteiger partial charge in [-0.2, -0.15) is 16.8 Å². The van der Waals surface area contributed by atoms with Gasteiger partial charge in [0.05, 0.1) is 33.6 Å². The van der Waals surface area contributed by atoms with Crippen molar-refractivity contribution in [3.63, 3.8) is 0 Å². The van der Waals surface area contributed by atoms with Gasteiger partial charge in [0.15, 0.2) is 0 Å². The van der Waals surface area contributed by atoms with E-state index >= 15 is 0 Å². The molecule has 0 aliphatic rings. The van der Waals surface area contributed by atoms with E-state index in [1.54, 1.807) is 36.4 Å². The van der Waals surface area contributed by atoms with Crippen molar-refractivity contribution in [2.75, 3.05) is 35.2 Å².